The molecule has 0 aromatic rings. The molecule has 0 bridgehead atoms. The number of nitrogens with zero attached hydrogens (tertiary/aromatic N) is 1. The number of nitrogens with one attached hydrogen (secondary N) is 1. The summed E-state index contributed by atoms with van der Waals surface area (Å²) < 4.78 is 0. The molecule has 0 radical (unpaired) electrons. The van der Waals surface area contributed by atoms with Crippen molar-refractivity contribution in [3.05, 3.63) is 11.9 Å². The van der Waals surface area contributed by atoms with Crippen molar-refractivity contribution in [2.75, 3.05) is 0 Å². The van der Waals surface area contributed by atoms with Crippen LogP contribution in [0, 0.1) is 5.92 Å². The van der Waals surface area contributed by atoms with Crippen LogP contribution in [0.3, 0.4) is 0 Å². The Morgan fingerprint density at radius 2 is 2.12 bits per heavy atom. The zero-order chi connectivity index (χ0) is 13.5. The number of carbonyl (C=O) groups excluding carboxylic acids is 1. The van der Waals surface area contributed by atoms with Crippen molar-refractivity contribution >= 4 is 23.2 Å². The second-order valence-electron chi connectivity index (χ2n) is 5.03. The quantitative estimate of drug-likeness (QED) is 0.319. The summed E-state index contributed by atoms with van der Waals surface area (Å²) in [6.07, 6.45) is 3.73. The second kappa shape index (κ2) is 7.33. The van der Waals surface area contributed by atoms with Gasteiger partial charge < -0.3 is 15.8 Å². The van der Waals surface area contributed by atoms with Gasteiger partial charge in [0.2, 0.25) is 0 Å². The fraction of sp³-hybridized carbons (Fsp3) is 0.667. The van der Waals surface area contributed by atoms with Crippen LogP contribution in [-0.2, 0) is 4.79 Å². The van der Waals surface area contributed by atoms with Gasteiger partial charge in [0.25, 0.3) is 0 Å². The Morgan fingerprint density at radius 1 is 1.53 bits per heavy atom. The fourth-order valence-corrected chi connectivity index (χ4v) is 1.91. The molecule has 4 nitrogen and oxygen atoms in total. The van der Waals surface area contributed by atoms with E-state index in [1.165, 1.54) is 0 Å². The molecule has 0 saturated carbocycles. The molecule has 98 valence electrons. The first-order valence-corrected chi connectivity index (χ1v) is 6.06. The van der Waals surface area contributed by atoms with E-state index >= 15 is 0 Å². The lowest BCUT2D eigenvalue weighted by Gasteiger charge is -2.29. The number of allylic oxidation sites excluding steroid dienone is 1. The number of amidine groups is 1. The lowest BCUT2D eigenvalue weighted by atomic mass is 9.93. The minimum absolute atomic E-state index is 0.0463. The number of hydrogen-bond donors (Lipinski definition) is 2. The highest BCUT2D eigenvalue weighted by atomic mass is 35.5. The topological polar surface area (TPSA) is 67.5 Å². The number of aliphatic imine (C=N–C) groups is 1. The number of hydrogen-bond acceptors (Lipinski definition) is 3. The molecule has 0 amide bonds. The van der Waals surface area contributed by atoms with Crippen LogP contribution in [0.4, 0.5) is 0 Å². The Labute approximate surface area is 108 Å². The molecular formula is C12H22ClN3O. The van der Waals surface area contributed by atoms with E-state index < -0.39 is 0 Å². The van der Waals surface area contributed by atoms with Crippen LogP contribution in [0.2, 0.25) is 0 Å². The first-order chi connectivity index (χ1) is 7.76. The summed E-state index contributed by atoms with van der Waals surface area (Å²) in [7, 11) is 0. The minimum Gasteiger partial charge on any atom is -0.374 e. The van der Waals surface area contributed by atoms with Gasteiger partial charge in [-0.3, -0.25) is 0 Å². The van der Waals surface area contributed by atoms with E-state index in [4.69, 9.17) is 17.3 Å². The van der Waals surface area contributed by atoms with Gasteiger partial charge in [0.15, 0.2) is 5.29 Å². The summed E-state index contributed by atoms with van der Waals surface area (Å²) in [5.41, 5.74) is 5.21. The van der Waals surface area contributed by atoms with Crippen molar-refractivity contribution in [1.29, 1.82) is 0 Å². The summed E-state index contributed by atoms with van der Waals surface area (Å²) in [5, 5.41) is 3.19. The fourth-order valence-electron chi connectivity index (χ4n) is 1.82. The van der Waals surface area contributed by atoms with E-state index in [-0.39, 0.29) is 17.3 Å². The van der Waals surface area contributed by atoms with E-state index in [9.17, 15) is 4.79 Å². The maximum Gasteiger partial charge on any atom is 0.195 e. The van der Waals surface area contributed by atoms with Crippen molar-refractivity contribution in [1.82, 2.24) is 5.32 Å². The molecular weight excluding hydrogens is 238 g/mol. The van der Waals surface area contributed by atoms with Gasteiger partial charge in [-0.2, -0.15) is 0 Å². The molecule has 0 unspecified atom stereocenters. The maximum atomic E-state index is 10.4. The second-order valence-corrected chi connectivity index (χ2v) is 5.42. The number of aldehydes is 1. The molecule has 0 aromatic carbocycles. The number of halogens is 1. The number of nitrogens with two attached hydrogens (primary N) is 1. The first-order valence-electron chi connectivity index (χ1n) is 5.68. The van der Waals surface area contributed by atoms with Crippen LogP contribution < -0.4 is 11.1 Å². The van der Waals surface area contributed by atoms with Crippen LogP contribution >= 0.6 is 11.6 Å². The van der Waals surface area contributed by atoms with E-state index in [1.807, 2.05) is 0 Å². The smallest absolute Gasteiger partial charge is 0.195 e. The predicted molar refractivity (Wildman–Crippen MR) is 72.9 cm³/mol. The van der Waals surface area contributed by atoms with Gasteiger partial charge in [-0.15, -0.1) is 0 Å². The molecule has 0 fully saturated rings. The summed E-state index contributed by atoms with van der Waals surface area (Å²) in [6, 6.07) is 0. The van der Waals surface area contributed by atoms with Gasteiger partial charge in [0.05, 0.1) is 0 Å². The molecule has 5 heteroatoms. The van der Waals surface area contributed by atoms with Gasteiger partial charge in [-0.1, -0.05) is 13.8 Å². The van der Waals surface area contributed by atoms with Gasteiger partial charge in [-0.25, -0.2) is 4.99 Å². The minimum atomic E-state index is -0.126. The predicted octanol–water partition coefficient (Wildman–Crippen LogP) is 2.38. The first kappa shape index (κ1) is 16.0. The van der Waals surface area contributed by atoms with Crippen LogP contribution in [0.25, 0.3) is 0 Å². The van der Waals surface area contributed by atoms with Crippen LogP contribution in [0.1, 0.15) is 40.5 Å². The van der Waals surface area contributed by atoms with E-state index in [0.717, 1.165) is 12.7 Å². The molecule has 0 saturated heterocycles. The molecule has 0 aliphatic carbocycles. The third kappa shape index (κ3) is 8.74. The van der Waals surface area contributed by atoms with Crippen molar-refractivity contribution in [2.45, 2.75) is 46.1 Å². The van der Waals surface area contributed by atoms with Gasteiger partial charge in [0, 0.05) is 12.0 Å². The Bertz CT molecular complexity index is 305. The largest absolute Gasteiger partial charge is 0.374 e. The molecule has 0 atom stereocenters. The van der Waals surface area contributed by atoms with Gasteiger partial charge in [0.1, 0.15) is 12.1 Å². The van der Waals surface area contributed by atoms with Crippen molar-refractivity contribution in [3.8, 4) is 0 Å². The third-order valence-electron chi connectivity index (χ3n) is 2.02. The molecule has 0 rings (SSSR count). The third-order valence-corrected chi connectivity index (χ3v) is 2.10. The van der Waals surface area contributed by atoms with E-state index in [0.29, 0.717) is 11.7 Å². The SMILES string of the molecule is CC(C)CC(C)(C)NC(=C/CC=O)/N=C(\N)Cl. The highest BCUT2D eigenvalue weighted by molar-refractivity contribution is 6.64. The van der Waals surface area contributed by atoms with Gasteiger partial charge in [-0.05, 0) is 43.9 Å². The van der Waals surface area contributed by atoms with E-state index in [1.54, 1.807) is 6.08 Å². The highest BCUT2D eigenvalue weighted by Gasteiger charge is 2.19. The van der Waals surface area contributed by atoms with Crippen molar-refractivity contribution < 1.29 is 4.79 Å². The Morgan fingerprint density at radius 3 is 2.53 bits per heavy atom. The highest BCUT2D eigenvalue weighted by Crippen LogP contribution is 2.17. The Hall–Kier alpha value is -1.03. The molecule has 3 N–H and O–H groups in total. The Balaban J connectivity index is 4.74. The molecule has 17 heavy (non-hydrogen) atoms. The normalized spacial score (nSPS) is 14.0. The van der Waals surface area contributed by atoms with E-state index in [2.05, 4.69) is 38.0 Å². The van der Waals surface area contributed by atoms with Crippen molar-refractivity contribution in [2.24, 2.45) is 16.6 Å². The van der Waals surface area contributed by atoms with Crippen LogP contribution in [-0.4, -0.2) is 17.1 Å². The Kier molecular flexibility index (Phi) is 6.88. The standard InChI is InChI=1S/C12H22ClN3O/c1-9(2)8-12(3,4)16-10(6-5-7-17)15-11(13)14/h6-7,9,16H,5,8H2,1-4H3,(H2,14,15)/b10-6+. The number of carbonyl (C=O) groups is 1. The zero-order valence-corrected chi connectivity index (χ0v) is 11.7. The average molecular weight is 260 g/mol. The maximum absolute atomic E-state index is 10.4. The van der Waals surface area contributed by atoms with Crippen molar-refractivity contribution in [3.63, 3.8) is 0 Å². The monoisotopic (exact) mass is 259 g/mol. The number of rotatable bonds is 7. The van der Waals surface area contributed by atoms with Crippen LogP contribution in [0.5, 0.6) is 0 Å². The summed E-state index contributed by atoms with van der Waals surface area (Å²) in [4.78, 5) is 14.3. The van der Waals surface area contributed by atoms with Crippen LogP contribution in [0.15, 0.2) is 16.9 Å². The lowest BCUT2D eigenvalue weighted by Crippen LogP contribution is -2.39. The molecule has 0 aromatic heterocycles. The average Bonchev–Trinajstić information content (AvgIpc) is 2.10. The summed E-state index contributed by atoms with van der Waals surface area (Å²) in [5.74, 6) is 1.09. The zero-order valence-electron chi connectivity index (χ0n) is 11.0. The molecule has 0 aliphatic rings. The van der Waals surface area contributed by atoms with Gasteiger partial charge >= 0.3 is 0 Å². The molecule has 0 heterocycles. The summed E-state index contributed by atoms with van der Waals surface area (Å²) in [6.45, 7) is 8.44. The summed E-state index contributed by atoms with van der Waals surface area (Å²) >= 11 is 5.54. The molecule has 0 spiro atoms. The molecule has 0 aliphatic heterocycles. The lowest BCUT2D eigenvalue weighted by molar-refractivity contribution is -0.107.